The van der Waals surface area contributed by atoms with Crippen LogP contribution in [0.2, 0.25) is 6.82 Å². The molecule has 156 valence electrons. The zero-order chi connectivity index (χ0) is 21.8. The molecule has 3 aromatic rings. The van der Waals surface area contributed by atoms with Gasteiger partial charge in [0.25, 0.3) is 0 Å². The van der Waals surface area contributed by atoms with E-state index in [1.54, 1.807) is 0 Å². The van der Waals surface area contributed by atoms with Gasteiger partial charge >= 0.3 is 6.85 Å². The molecule has 4 heteroatoms. The molecule has 0 amide bonds. The smallest absolute Gasteiger partial charge is 0.311 e. The first-order valence-corrected chi connectivity index (χ1v) is 11.2. The fourth-order valence-corrected chi connectivity index (χ4v) is 5.04. The van der Waals surface area contributed by atoms with E-state index in [-0.39, 0.29) is 18.4 Å². The molecule has 0 bridgehead atoms. The molecule has 0 aliphatic carbocycles. The quantitative estimate of drug-likeness (QED) is 0.473. The zero-order valence-electron chi connectivity index (χ0n) is 19.1. The first kappa shape index (κ1) is 19.8. The number of nitrogens with zero attached hydrogens (tertiary/aromatic N) is 3. The summed E-state index contributed by atoms with van der Waals surface area (Å²) in [5.41, 5.74) is 7.90. The van der Waals surface area contributed by atoms with Gasteiger partial charge in [-0.2, -0.15) is 0 Å². The number of rotatable bonds is 2. The lowest BCUT2D eigenvalue weighted by Crippen LogP contribution is -2.59. The lowest BCUT2D eigenvalue weighted by Gasteiger charge is -2.45. The molecule has 0 unspecified atom stereocenters. The van der Waals surface area contributed by atoms with E-state index in [2.05, 4.69) is 134 Å². The van der Waals surface area contributed by atoms with Crippen molar-refractivity contribution in [2.75, 3.05) is 9.91 Å². The molecule has 31 heavy (non-hydrogen) atoms. The molecule has 0 radical (unpaired) electrons. The number of benzene rings is 3. The Labute approximate surface area is 186 Å². The van der Waals surface area contributed by atoms with E-state index >= 15 is 0 Å². The Morgan fingerprint density at radius 2 is 1.39 bits per heavy atom. The van der Waals surface area contributed by atoms with Gasteiger partial charge < -0.3 is 9.82 Å². The Balaban J connectivity index is 1.66. The van der Waals surface area contributed by atoms with Crippen LogP contribution in [0.3, 0.4) is 0 Å². The molecule has 0 saturated heterocycles. The number of hydrazine groups is 1. The molecule has 0 N–H and O–H groups in total. The Bertz CT molecular complexity index is 1130. The summed E-state index contributed by atoms with van der Waals surface area (Å²) in [7, 11) is 0. The van der Waals surface area contributed by atoms with Gasteiger partial charge in [-0.15, -0.1) is 0 Å². The van der Waals surface area contributed by atoms with Crippen LogP contribution in [0.25, 0.3) is 5.57 Å². The topological polar surface area (TPSA) is 9.72 Å². The monoisotopic (exact) mass is 407 g/mol. The van der Waals surface area contributed by atoms with Crippen molar-refractivity contribution in [2.45, 2.75) is 40.7 Å². The van der Waals surface area contributed by atoms with Gasteiger partial charge in [-0.25, -0.2) is 0 Å². The Kier molecular flexibility index (Phi) is 4.62. The summed E-state index contributed by atoms with van der Waals surface area (Å²) in [5.74, 6) is 0. The highest BCUT2D eigenvalue weighted by Gasteiger charge is 2.41. The first-order valence-electron chi connectivity index (χ1n) is 11.2. The van der Waals surface area contributed by atoms with Crippen molar-refractivity contribution in [1.29, 1.82) is 0 Å². The van der Waals surface area contributed by atoms with E-state index in [0.29, 0.717) is 0 Å². The van der Waals surface area contributed by atoms with Crippen molar-refractivity contribution < 1.29 is 0 Å². The molecule has 0 spiro atoms. The summed E-state index contributed by atoms with van der Waals surface area (Å²) in [5, 5.41) is 2.47. The van der Waals surface area contributed by atoms with Gasteiger partial charge in [-0.3, -0.25) is 5.01 Å². The Morgan fingerprint density at radius 1 is 0.774 bits per heavy atom. The third-order valence-electron chi connectivity index (χ3n) is 6.57. The maximum absolute atomic E-state index is 2.47. The van der Waals surface area contributed by atoms with Gasteiger partial charge in [0.05, 0.1) is 11.4 Å². The fraction of sp³-hybridized carbons (Fsp3) is 0.259. The van der Waals surface area contributed by atoms with E-state index in [9.17, 15) is 0 Å². The van der Waals surface area contributed by atoms with Crippen molar-refractivity contribution in [3.8, 4) is 0 Å². The van der Waals surface area contributed by atoms with Crippen LogP contribution >= 0.6 is 0 Å². The van der Waals surface area contributed by atoms with Crippen LogP contribution < -0.4 is 15.4 Å². The second kappa shape index (κ2) is 7.23. The lowest BCUT2D eigenvalue weighted by molar-refractivity contribution is 0.461. The molecule has 3 aromatic carbocycles. The highest BCUT2D eigenvalue weighted by Crippen LogP contribution is 2.46. The molecular formula is C27H30BN3. The van der Waals surface area contributed by atoms with Crippen LogP contribution in [0.5, 0.6) is 0 Å². The maximum Gasteiger partial charge on any atom is 0.311 e. The van der Waals surface area contributed by atoms with Crippen LogP contribution in [0.1, 0.15) is 33.3 Å². The largest absolute Gasteiger partial charge is 0.329 e. The highest BCUT2D eigenvalue weighted by atomic mass is 15.7. The van der Waals surface area contributed by atoms with Gasteiger partial charge in [-0.05, 0) is 53.2 Å². The minimum Gasteiger partial charge on any atom is -0.329 e. The van der Waals surface area contributed by atoms with Crippen molar-refractivity contribution in [1.82, 2.24) is 4.92 Å². The SMILES string of the molecule is CB1c2ccccc2C(C(C)(C)C)=CN1N1c2ccccc2N(c2ccccc2)[C@@H]1C. The van der Waals surface area contributed by atoms with E-state index in [1.165, 1.54) is 33.7 Å². The summed E-state index contributed by atoms with van der Waals surface area (Å²) in [4.78, 5) is 4.89. The normalized spacial score (nSPS) is 18.1. The van der Waals surface area contributed by atoms with Crippen LogP contribution in [-0.2, 0) is 0 Å². The van der Waals surface area contributed by atoms with E-state index in [1.807, 2.05) is 0 Å². The Hall–Kier alpha value is -3.14. The second-order valence-electron chi connectivity index (χ2n) is 9.61. The molecule has 2 aliphatic heterocycles. The highest BCUT2D eigenvalue weighted by molar-refractivity contribution is 6.71. The average Bonchev–Trinajstić information content (AvgIpc) is 3.06. The third kappa shape index (κ3) is 3.13. The van der Waals surface area contributed by atoms with Crippen molar-refractivity contribution >= 4 is 34.9 Å². The summed E-state index contributed by atoms with van der Waals surface area (Å²) in [6.45, 7) is 11.8. The fourth-order valence-electron chi connectivity index (χ4n) is 5.04. The lowest BCUT2D eigenvalue weighted by atomic mass is 9.53. The van der Waals surface area contributed by atoms with Crippen LogP contribution in [0, 0.1) is 5.41 Å². The van der Waals surface area contributed by atoms with Gasteiger partial charge in [0.1, 0.15) is 6.17 Å². The van der Waals surface area contributed by atoms with Gasteiger partial charge in [0, 0.05) is 11.9 Å². The molecule has 0 saturated carbocycles. The standard InChI is InChI=1S/C27H30BN3/c1-20-30(21-13-7-6-8-14-21)25-17-11-12-18-26(25)31(20)29-19-23(27(2,3)4)22-15-9-10-16-24(22)28(29)5/h6-20H,1-5H3/t20-/m0/s1. The van der Waals surface area contributed by atoms with Crippen LogP contribution in [-0.4, -0.2) is 17.9 Å². The number of para-hydroxylation sites is 3. The molecule has 5 rings (SSSR count). The number of allylic oxidation sites excluding steroid dienone is 1. The van der Waals surface area contributed by atoms with Crippen LogP contribution in [0.15, 0.2) is 85.1 Å². The van der Waals surface area contributed by atoms with Gasteiger partial charge in [0.2, 0.25) is 0 Å². The summed E-state index contributed by atoms with van der Waals surface area (Å²) in [6, 6.07) is 28.3. The predicted octanol–water partition coefficient (Wildman–Crippen LogP) is 6.14. The first-order chi connectivity index (χ1) is 14.9. The van der Waals surface area contributed by atoms with E-state index in [4.69, 9.17) is 0 Å². The molecule has 1 atom stereocenters. The van der Waals surface area contributed by atoms with E-state index < -0.39 is 0 Å². The zero-order valence-corrected chi connectivity index (χ0v) is 19.1. The average molecular weight is 407 g/mol. The van der Waals surface area contributed by atoms with E-state index in [0.717, 1.165) is 0 Å². The summed E-state index contributed by atoms with van der Waals surface area (Å²) >= 11 is 0. The predicted molar refractivity (Wildman–Crippen MR) is 134 cm³/mol. The number of anilines is 3. The third-order valence-corrected chi connectivity index (χ3v) is 6.57. The second-order valence-corrected chi connectivity index (χ2v) is 9.61. The molecule has 0 aromatic heterocycles. The van der Waals surface area contributed by atoms with Crippen LogP contribution in [0.4, 0.5) is 17.1 Å². The summed E-state index contributed by atoms with van der Waals surface area (Å²) < 4.78 is 0. The van der Waals surface area contributed by atoms with Gasteiger partial charge in [0.15, 0.2) is 0 Å². The van der Waals surface area contributed by atoms with Crippen molar-refractivity contribution in [3.63, 3.8) is 0 Å². The maximum atomic E-state index is 2.47. The molecular weight excluding hydrogens is 377 g/mol. The minimum atomic E-state index is 0.0517. The number of fused-ring (bicyclic) bond motifs is 2. The molecule has 0 fully saturated rings. The van der Waals surface area contributed by atoms with Crippen molar-refractivity contribution in [3.05, 3.63) is 90.6 Å². The van der Waals surface area contributed by atoms with Crippen molar-refractivity contribution in [2.24, 2.45) is 5.41 Å². The number of hydrogen-bond donors (Lipinski definition) is 0. The number of hydrogen-bond acceptors (Lipinski definition) is 3. The molecule has 2 aliphatic rings. The van der Waals surface area contributed by atoms with Gasteiger partial charge in [-0.1, -0.05) is 82.2 Å². The minimum absolute atomic E-state index is 0.0517. The summed E-state index contributed by atoms with van der Waals surface area (Å²) in [6.07, 6.45) is 2.54. The molecule has 3 nitrogen and oxygen atoms in total. The molecule has 2 heterocycles. The Morgan fingerprint density at radius 3 is 2.10 bits per heavy atom.